The summed E-state index contributed by atoms with van der Waals surface area (Å²) >= 11 is 3.96. The van der Waals surface area contributed by atoms with Gasteiger partial charge in [-0.3, -0.25) is 0 Å². The molecule has 1 heterocycles. The van der Waals surface area contributed by atoms with Crippen LogP contribution in [0.5, 0.6) is 11.5 Å². The van der Waals surface area contributed by atoms with Gasteiger partial charge in [-0.2, -0.15) is 0 Å². The molecular formula is C26H20BrO2P. The lowest BCUT2D eigenvalue weighted by molar-refractivity contribution is 0.174. The van der Waals surface area contributed by atoms with E-state index in [2.05, 4.69) is 107 Å². The Kier molecular flexibility index (Phi) is 5.57. The molecule has 30 heavy (non-hydrogen) atoms. The van der Waals surface area contributed by atoms with Crippen molar-refractivity contribution >= 4 is 39.8 Å². The molecule has 0 bridgehead atoms. The topological polar surface area (TPSA) is 18.5 Å². The molecule has 0 saturated carbocycles. The third-order valence-electron chi connectivity index (χ3n) is 5.16. The molecule has 4 aromatic rings. The SMILES string of the molecule is Brc1c(Cc2ccc3c(c2)OCO3)cccc1P(c1ccccc1)c1ccccc1. The van der Waals surface area contributed by atoms with Crippen molar-refractivity contribution < 1.29 is 9.47 Å². The van der Waals surface area contributed by atoms with Crippen LogP contribution < -0.4 is 25.4 Å². The fraction of sp³-hybridized carbons (Fsp3) is 0.0769. The van der Waals surface area contributed by atoms with Crippen LogP contribution in [-0.2, 0) is 6.42 Å². The standard InChI is InChI=1S/C26H20BrO2P/c27-26-20(16-19-14-15-23-24(17-19)29-18-28-23)8-7-13-25(26)30(21-9-3-1-4-10-21)22-11-5-2-6-12-22/h1-15,17H,16,18H2. The zero-order chi connectivity index (χ0) is 20.3. The summed E-state index contributed by atoms with van der Waals surface area (Å²) in [7, 11) is -0.654. The van der Waals surface area contributed by atoms with Crippen molar-refractivity contribution in [3.8, 4) is 11.5 Å². The van der Waals surface area contributed by atoms with Crippen molar-refractivity contribution in [3.05, 3.63) is 113 Å². The van der Waals surface area contributed by atoms with Crippen LogP contribution in [0.2, 0.25) is 0 Å². The van der Waals surface area contributed by atoms with E-state index in [4.69, 9.17) is 9.47 Å². The first kappa shape index (κ1) is 19.4. The molecule has 0 aromatic heterocycles. The Morgan fingerprint density at radius 2 is 1.37 bits per heavy atom. The Balaban J connectivity index is 1.55. The number of hydrogen-bond donors (Lipinski definition) is 0. The highest BCUT2D eigenvalue weighted by Crippen LogP contribution is 2.38. The predicted octanol–water partition coefficient (Wildman–Crippen LogP) is 5.53. The Hall–Kier alpha value is -2.61. The average Bonchev–Trinajstić information content (AvgIpc) is 3.26. The highest BCUT2D eigenvalue weighted by molar-refractivity contribution is 9.10. The lowest BCUT2D eigenvalue weighted by Gasteiger charge is -2.22. The van der Waals surface area contributed by atoms with Crippen molar-refractivity contribution in [1.29, 1.82) is 0 Å². The summed E-state index contributed by atoms with van der Waals surface area (Å²) in [5, 5.41) is 4.03. The van der Waals surface area contributed by atoms with Gasteiger partial charge in [0.2, 0.25) is 6.79 Å². The lowest BCUT2D eigenvalue weighted by Crippen LogP contribution is -2.22. The van der Waals surface area contributed by atoms with E-state index in [0.29, 0.717) is 6.79 Å². The van der Waals surface area contributed by atoms with Crippen LogP contribution in [0, 0.1) is 0 Å². The van der Waals surface area contributed by atoms with E-state index < -0.39 is 7.92 Å². The minimum atomic E-state index is -0.654. The number of hydrogen-bond acceptors (Lipinski definition) is 2. The molecule has 0 spiro atoms. The minimum Gasteiger partial charge on any atom is -0.454 e. The van der Waals surface area contributed by atoms with Gasteiger partial charge in [-0.1, -0.05) is 84.9 Å². The molecule has 0 atom stereocenters. The number of halogens is 1. The van der Waals surface area contributed by atoms with Gasteiger partial charge >= 0.3 is 0 Å². The maximum atomic E-state index is 5.55. The third-order valence-corrected chi connectivity index (χ3v) is 8.89. The van der Waals surface area contributed by atoms with Gasteiger partial charge in [0.25, 0.3) is 0 Å². The molecule has 0 N–H and O–H groups in total. The number of ether oxygens (including phenoxy) is 2. The van der Waals surface area contributed by atoms with Crippen LogP contribution in [0.4, 0.5) is 0 Å². The molecule has 1 aliphatic heterocycles. The van der Waals surface area contributed by atoms with Gasteiger partial charge in [-0.25, -0.2) is 0 Å². The maximum absolute atomic E-state index is 5.55. The van der Waals surface area contributed by atoms with E-state index in [1.54, 1.807) is 0 Å². The fourth-order valence-corrected chi connectivity index (χ4v) is 7.03. The molecule has 0 unspecified atom stereocenters. The minimum absolute atomic E-state index is 0.302. The quantitative estimate of drug-likeness (QED) is 0.354. The van der Waals surface area contributed by atoms with E-state index in [1.807, 2.05) is 6.07 Å². The van der Waals surface area contributed by atoms with Gasteiger partial charge in [0.1, 0.15) is 0 Å². The molecular weight excluding hydrogens is 455 g/mol. The van der Waals surface area contributed by atoms with Gasteiger partial charge in [0.15, 0.2) is 11.5 Å². The van der Waals surface area contributed by atoms with Crippen LogP contribution in [-0.4, -0.2) is 6.79 Å². The molecule has 0 radical (unpaired) electrons. The summed E-state index contributed by atoms with van der Waals surface area (Å²) < 4.78 is 12.2. The van der Waals surface area contributed by atoms with Crippen molar-refractivity contribution in [2.45, 2.75) is 6.42 Å². The zero-order valence-corrected chi connectivity index (χ0v) is 18.8. The third kappa shape index (κ3) is 3.88. The van der Waals surface area contributed by atoms with Crippen LogP contribution in [0.25, 0.3) is 0 Å². The van der Waals surface area contributed by atoms with E-state index in [0.717, 1.165) is 17.9 Å². The molecule has 5 rings (SSSR count). The number of rotatable bonds is 5. The molecule has 4 aromatic carbocycles. The van der Waals surface area contributed by atoms with Gasteiger partial charge in [0, 0.05) is 4.47 Å². The highest BCUT2D eigenvalue weighted by Gasteiger charge is 2.20. The molecule has 0 fully saturated rings. The second kappa shape index (κ2) is 8.63. The molecule has 0 aliphatic carbocycles. The Morgan fingerprint density at radius 1 is 0.700 bits per heavy atom. The number of benzene rings is 4. The Labute approximate surface area is 186 Å². The summed E-state index contributed by atoms with van der Waals surface area (Å²) in [4.78, 5) is 0. The highest BCUT2D eigenvalue weighted by atomic mass is 79.9. The predicted molar refractivity (Wildman–Crippen MR) is 128 cm³/mol. The Morgan fingerprint density at radius 3 is 2.07 bits per heavy atom. The van der Waals surface area contributed by atoms with Crippen LogP contribution >= 0.6 is 23.9 Å². The van der Waals surface area contributed by atoms with Crippen LogP contribution in [0.15, 0.2) is 102 Å². The molecule has 1 aliphatic rings. The summed E-state index contributed by atoms with van der Waals surface area (Å²) in [6, 6.07) is 34.4. The van der Waals surface area contributed by atoms with Gasteiger partial charge in [-0.15, -0.1) is 0 Å². The second-order valence-corrected chi connectivity index (χ2v) is 10.1. The summed E-state index contributed by atoms with van der Waals surface area (Å²) in [5.41, 5.74) is 2.48. The summed E-state index contributed by atoms with van der Waals surface area (Å²) in [5.74, 6) is 1.65. The summed E-state index contributed by atoms with van der Waals surface area (Å²) in [6.07, 6.45) is 0.831. The van der Waals surface area contributed by atoms with Crippen molar-refractivity contribution in [1.82, 2.24) is 0 Å². The van der Waals surface area contributed by atoms with Gasteiger partial charge < -0.3 is 9.47 Å². The molecule has 2 nitrogen and oxygen atoms in total. The van der Waals surface area contributed by atoms with Crippen molar-refractivity contribution in [3.63, 3.8) is 0 Å². The van der Waals surface area contributed by atoms with Gasteiger partial charge in [-0.05, 0) is 69.4 Å². The molecule has 4 heteroatoms. The lowest BCUT2D eigenvalue weighted by atomic mass is 10.0. The average molecular weight is 475 g/mol. The van der Waals surface area contributed by atoms with Crippen molar-refractivity contribution in [2.75, 3.05) is 6.79 Å². The van der Waals surface area contributed by atoms with E-state index in [9.17, 15) is 0 Å². The molecule has 148 valence electrons. The second-order valence-electron chi connectivity index (χ2n) is 7.12. The Bertz CT molecular complexity index is 1120. The number of fused-ring (bicyclic) bond motifs is 1. The maximum Gasteiger partial charge on any atom is 0.231 e. The monoisotopic (exact) mass is 474 g/mol. The molecule has 0 saturated heterocycles. The van der Waals surface area contributed by atoms with Crippen LogP contribution in [0.3, 0.4) is 0 Å². The largest absolute Gasteiger partial charge is 0.454 e. The molecule has 0 amide bonds. The van der Waals surface area contributed by atoms with E-state index >= 15 is 0 Å². The van der Waals surface area contributed by atoms with Crippen LogP contribution in [0.1, 0.15) is 11.1 Å². The van der Waals surface area contributed by atoms with E-state index in [-0.39, 0.29) is 0 Å². The first-order chi connectivity index (χ1) is 14.8. The fourth-order valence-electron chi connectivity index (χ4n) is 3.73. The van der Waals surface area contributed by atoms with Gasteiger partial charge in [0.05, 0.1) is 0 Å². The normalized spacial score (nSPS) is 12.3. The first-order valence-corrected chi connectivity index (χ1v) is 12.0. The zero-order valence-electron chi connectivity index (χ0n) is 16.3. The van der Waals surface area contributed by atoms with Crippen molar-refractivity contribution in [2.24, 2.45) is 0 Å². The first-order valence-electron chi connectivity index (χ1n) is 9.86. The van der Waals surface area contributed by atoms with E-state index in [1.165, 1.54) is 31.5 Å². The smallest absolute Gasteiger partial charge is 0.231 e. The summed E-state index contributed by atoms with van der Waals surface area (Å²) in [6.45, 7) is 0.302.